The Hall–Kier alpha value is -1.06. The second-order valence-corrected chi connectivity index (χ2v) is 6.93. The SMILES string of the molecule is CCCCOC(=O)C(C)CC(CC)C(=O)OCC(C)(C)C. The number of unbranched alkanes of at least 4 members (excludes halogenated alkanes) is 1. The Morgan fingerprint density at radius 3 is 2.14 bits per heavy atom. The van der Waals surface area contributed by atoms with E-state index in [0.717, 1.165) is 12.8 Å². The molecule has 21 heavy (non-hydrogen) atoms. The summed E-state index contributed by atoms with van der Waals surface area (Å²) in [6, 6.07) is 0. The Morgan fingerprint density at radius 1 is 1.05 bits per heavy atom. The zero-order chi connectivity index (χ0) is 16.5. The molecule has 2 atom stereocenters. The molecular formula is C17H32O4. The van der Waals surface area contributed by atoms with Crippen molar-refractivity contribution in [2.45, 2.75) is 67.2 Å². The van der Waals surface area contributed by atoms with E-state index < -0.39 is 0 Å². The van der Waals surface area contributed by atoms with Gasteiger partial charge in [0, 0.05) is 0 Å². The lowest BCUT2D eigenvalue weighted by atomic mass is 9.93. The monoisotopic (exact) mass is 300 g/mol. The van der Waals surface area contributed by atoms with E-state index in [1.807, 2.05) is 34.6 Å². The van der Waals surface area contributed by atoms with E-state index in [2.05, 4.69) is 6.92 Å². The van der Waals surface area contributed by atoms with Crippen LogP contribution in [-0.2, 0) is 19.1 Å². The second-order valence-electron chi connectivity index (χ2n) is 6.93. The molecule has 0 aliphatic heterocycles. The number of esters is 2. The summed E-state index contributed by atoms with van der Waals surface area (Å²) in [5.74, 6) is -0.929. The minimum atomic E-state index is -0.269. The van der Waals surface area contributed by atoms with E-state index in [4.69, 9.17) is 9.47 Å². The highest BCUT2D eigenvalue weighted by Crippen LogP contribution is 2.20. The van der Waals surface area contributed by atoms with Crippen LogP contribution >= 0.6 is 0 Å². The average Bonchev–Trinajstić information content (AvgIpc) is 2.41. The van der Waals surface area contributed by atoms with E-state index in [0.29, 0.717) is 26.1 Å². The fourth-order valence-corrected chi connectivity index (χ4v) is 1.82. The van der Waals surface area contributed by atoms with E-state index in [9.17, 15) is 9.59 Å². The molecule has 0 amide bonds. The molecule has 0 heterocycles. The Kier molecular flexibility index (Phi) is 9.31. The van der Waals surface area contributed by atoms with Gasteiger partial charge in [-0.2, -0.15) is 0 Å². The van der Waals surface area contributed by atoms with Crippen molar-refractivity contribution in [1.29, 1.82) is 0 Å². The van der Waals surface area contributed by atoms with Crippen molar-refractivity contribution in [3.8, 4) is 0 Å². The van der Waals surface area contributed by atoms with Gasteiger partial charge in [-0.25, -0.2) is 0 Å². The maximum absolute atomic E-state index is 12.1. The van der Waals surface area contributed by atoms with Gasteiger partial charge < -0.3 is 9.47 Å². The van der Waals surface area contributed by atoms with Crippen LogP contribution < -0.4 is 0 Å². The maximum Gasteiger partial charge on any atom is 0.308 e. The van der Waals surface area contributed by atoms with Crippen LogP contribution in [0.3, 0.4) is 0 Å². The van der Waals surface area contributed by atoms with Crippen molar-refractivity contribution in [3.63, 3.8) is 0 Å². The van der Waals surface area contributed by atoms with Crippen LogP contribution in [0.25, 0.3) is 0 Å². The minimum Gasteiger partial charge on any atom is -0.465 e. The van der Waals surface area contributed by atoms with Crippen molar-refractivity contribution in [2.24, 2.45) is 17.3 Å². The van der Waals surface area contributed by atoms with Crippen LogP contribution in [-0.4, -0.2) is 25.2 Å². The molecule has 0 N–H and O–H groups in total. The number of rotatable bonds is 9. The predicted octanol–water partition coefficient (Wildman–Crippen LogP) is 3.97. The van der Waals surface area contributed by atoms with E-state index in [1.165, 1.54) is 0 Å². The molecule has 0 bridgehead atoms. The van der Waals surface area contributed by atoms with Gasteiger partial charge in [0.1, 0.15) is 0 Å². The summed E-state index contributed by atoms with van der Waals surface area (Å²) in [5.41, 5.74) is -0.0430. The number of carbonyl (C=O) groups is 2. The standard InChI is InChI=1S/C17H32O4/c1-7-9-10-20-15(18)13(3)11-14(8-2)16(19)21-12-17(4,5)6/h13-14H,7-12H2,1-6H3. The quantitative estimate of drug-likeness (QED) is 0.477. The first-order valence-electron chi connectivity index (χ1n) is 8.04. The van der Waals surface area contributed by atoms with Gasteiger partial charge in [-0.05, 0) is 24.7 Å². The van der Waals surface area contributed by atoms with E-state index in [-0.39, 0.29) is 29.2 Å². The first-order valence-corrected chi connectivity index (χ1v) is 8.04. The second kappa shape index (κ2) is 9.80. The van der Waals surface area contributed by atoms with E-state index >= 15 is 0 Å². The summed E-state index contributed by atoms with van der Waals surface area (Å²) in [5, 5.41) is 0. The molecular weight excluding hydrogens is 268 g/mol. The molecule has 0 aromatic carbocycles. The van der Waals surface area contributed by atoms with Gasteiger partial charge in [0.2, 0.25) is 0 Å². The van der Waals surface area contributed by atoms with E-state index in [1.54, 1.807) is 0 Å². The molecule has 0 saturated heterocycles. The lowest BCUT2D eigenvalue weighted by Crippen LogP contribution is -2.27. The molecule has 2 unspecified atom stereocenters. The first kappa shape index (κ1) is 19.9. The highest BCUT2D eigenvalue weighted by atomic mass is 16.5. The summed E-state index contributed by atoms with van der Waals surface area (Å²) in [6.07, 6.45) is 3.04. The third-order valence-corrected chi connectivity index (χ3v) is 3.26. The zero-order valence-corrected chi connectivity index (χ0v) is 14.5. The minimum absolute atomic E-state index is 0.0430. The van der Waals surface area contributed by atoms with Crippen molar-refractivity contribution in [3.05, 3.63) is 0 Å². The van der Waals surface area contributed by atoms with Crippen molar-refractivity contribution in [2.75, 3.05) is 13.2 Å². The van der Waals surface area contributed by atoms with Crippen LogP contribution in [0, 0.1) is 17.3 Å². The summed E-state index contributed by atoms with van der Waals surface area (Å²) >= 11 is 0. The summed E-state index contributed by atoms with van der Waals surface area (Å²) in [4.78, 5) is 23.9. The molecule has 0 rings (SSSR count). The molecule has 0 radical (unpaired) electrons. The average molecular weight is 300 g/mol. The van der Waals surface area contributed by atoms with Crippen LogP contribution in [0.2, 0.25) is 0 Å². The smallest absolute Gasteiger partial charge is 0.308 e. The highest BCUT2D eigenvalue weighted by molar-refractivity contribution is 5.75. The van der Waals surface area contributed by atoms with Crippen LogP contribution in [0.15, 0.2) is 0 Å². The van der Waals surface area contributed by atoms with Crippen molar-refractivity contribution in [1.82, 2.24) is 0 Å². The summed E-state index contributed by atoms with van der Waals surface area (Å²) in [6.45, 7) is 12.7. The van der Waals surface area contributed by atoms with Crippen LogP contribution in [0.5, 0.6) is 0 Å². The van der Waals surface area contributed by atoms with Crippen LogP contribution in [0.1, 0.15) is 67.2 Å². The van der Waals surface area contributed by atoms with Gasteiger partial charge in [-0.3, -0.25) is 9.59 Å². The third-order valence-electron chi connectivity index (χ3n) is 3.26. The van der Waals surface area contributed by atoms with Crippen LogP contribution in [0.4, 0.5) is 0 Å². The molecule has 0 fully saturated rings. The van der Waals surface area contributed by atoms with Crippen molar-refractivity contribution < 1.29 is 19.1 Å². The zero-order valence-electron chi connectivity index (χ0n) is 14.5. The molecule has 0 spiro atoms. The molecule has 0 saturated carbocycles. The first-order chi connectivity index (χ1) is 9.71. The van der Waals surface area contributed by atoms with Gasteiger partial charge in [0.05, 0.1) is 25.0 Å². The fraction of sp³-hybridized carbons (Fsp3) is 0.882. The van der Waals surface area contributed by atoms with Gasteiger partial charge in [0.25, 0.3) is 0 Å². The van der Waals surface area contributed by atoms with Gasteiger partial charge in [-0.15, -0.1) is 0 Å². The maximum atomic E-state index is 12.1. The highest BCUT2D eigenvalue weighted by Gasteiger charge is 2.26. The lowest BCUT2D eigenvalue weighted by Gasteiger charge is -2.22. The number of hydrogen-bond acceptors (Lipinski definition) is 4. The predicted molar refractivity (Wildman–Crippen MR) is 83.8 cm³/mol. The Bertz CT molecular complexity index is 317. The molecule has 0 aliphatic carbocycles. The number of carbonyl (C=O) groups excluding carboxylic acids is 2. The third kappa shape index (κ3) is 9.48. The topological polar surface area (TPSA) is 52.6 Å². The summed E-state index contributed by atoms with van der Waals surface area (Å²) in [7, 11) is 0. The molecule has 0 aromatic rings. The Morgan fingerprint density at radius 2 is 1.67 bits per heavy atom. The number of ether oxygens (including phenoxy) is 2. The van der Waals surface area contributed by atoms with Gasteiger partial charge >= 0.3 is 11.9 Å². The largest absolute Gasteiger partial charge is 0.465 e. The Balaban J connectivity index is 4.28. The molecule has 0 aromatic heterocycles. The normalized spacial score (nSPS) is 14.4. The summed E-state index contributed by atoms with van der Waals surface area (Å²) < 4.78 is 10.5. The molecule has 124 valence electrons. The molecule has 0 aliphatic rings. The van der Waals surface area contributed by atoms with Gasteiger partial charge in [-0.1, -0.05) is 48.0 Å². The number of hydrogen-bond donors (Lipinski definition) is 0. The fourth-order valence-electron chi connectivity index (χ4n) is 1.82. The molecule has 4 heteroatoms. The van der Waals surface area contributed by atoms with Crippen molar-refractivity contribution >= 4 is 11.9 Å². The molecule has 4 nitrogen and oxygen atoms in total. The lowest BCUT2D eigenvalue weighted by molar-refractivity contribution is -0.154. The van der Waals surface area contributed by atoms with Gasteiger partial charge in [0.15, 0.2) is 0 Å². The Labute approximate surface area is 129 Å².